The van der Waals surface area contributed by atoms with Gasteiger partial charge in [-0.15, -0.1) is 0 Å². The Morgan fingerprint density at radius 3 is 2.70 bits per heavy atom. The zero-order chi connectivity index (χ0) is 14.6. The number of thioether (sulfide) groups is 1. The normalized spacial score (nSPS) is 17.8. The molecule has 1 amide bonds. The maximum atomic E-state index is 13.7. The summed E-state index contributed by atoms with van der Waals surface area (Å²) in [5.41, 5.74) is 1.05. The summed E-state index contributed by atoms with van der Waals surface area (Å²) in [7, 11) is 0. The fraction of sp³-hybridized carbons (Fsp3) is 0.562. The molecule has 0 saturated heterocycles. The van der Waals surface area contributed by atoms with E-state index in [-0.39, 0.29) is 16.2 Å². The zero-order valence-electron chi connectivity index (χ0n) is 12.2. The smallest absolute Gasteiger partial charge is 0.254 e. The van der Waals surface area contributed by atoms with Crippen LogP contribution in [0.5, 0.6) is 0 Å². The first-order chi connectivity index (χ1) is 9.56. The fourth-order valence-corrected chi connectivity index (χ4v) is 3.71. The van der Waals surface area contributed by atoms with Gasteiger partial charge in [0.05, 0.1) is 5.56 Å². The SMILES string of the molecule is CSC1(CNC(=O)c2cc(C)ccc2F)CCCCC1. The number of benzene rings is 1. The molecule has 1 N–H and O–H groups in total. The van der Waals surface area contributed by atoms with E-state index in [1.807, 2.05) is 18.7 Å². The van der Waals surface area contributed by atoms with Gasteiger partial charge in [0.25, 0.3) is 5.91 Å². The van der Waals surface area contributed by atoms with E-state index in [2.05, 4.69) is 11.6 Å². The first-order valence-corrected chi connectivity index (χ1v) is 8.38. The minimum atomic E-state index is -0.449. The molecule has 1 aromatic rings. The monoisotopic (exact) mass is 295 g/mol. The lowest BCUT2D eigenvalue weighted by Crippen LogP contribution is -2.42. The zero-order valence-corrected chi connectivity index (χ0v) is 13.0. The van der Waals surface area contributed by atoms with Gasteiger partial charge in [0.2, 0.25) is 0 Å². The van der Waals surface area contributed by atoms with Crippen LogP contribution in [-0.2, 0) is 0 Å². The predicted molar refractivity (Wildman–Crippen MR) is 82.8 cm³/mol. The molecule has 1 aromatic carbocycles. The van der Waals surface area contributed by atoms with E-state index in [9.17, 15) is 9.18 Å². The summed E-state index contributed by atoms with van der Waals surface area (Å²) in [6.07, 6.45) is 8.08. The lowest BCUT2D eigenvalue weighted by atomic mass is 9.88. The molecule has 0 spiro atoms. The van der Waals surface area contributed by atoms with Crippen molar-refractivity contribution in [2.45, 2.75) is 43.8 Å². The number of hydrogen-bond acceptors (Lipinski definition) is 2. The highest BCUT2D eigenvalue weighted by Crippen LogP contribution is 2.38. The molecule has 0 atom stereocenters. The van der Waals surface area contributed by atoms with Crippen LogP contribution in [0.1, 0.15) is 48.0 Å². The number of aryl methyl sites for hydroxylation is 1. The van der Waals surface area contributed by atoms with Crippen LogP contribution >= 0.6 is 11.8 Å². The van der Waals surface area contributed by atoms with Gasteiger partial charge in [0, 0.05) is 11.3 Å². The standard InChI is InChI=1S/C16H22FNOS/c1-12-6-7-14(17)13(10-12)15(19)18-11-16(20-2)8-4-3-5-9-16/h6-7,10H,3-5,8-9,11H2,1-2H3,(H,18,19). The van der Waals surface area contributed by atoms with Crippen molar-refractivity contribution in [2.75, 3.05) is 12.8 Å². The third-order valence-electron chi connectivity index (χ3n) is 4.14. The molecule has 0 heterocycles. The number of carbonyl (C=O) groups excluding carboxylic acids is 1. The van der Waals surface area contributed by atoms with Crippen molar-refractivity contribution in [3.63, 3.8) is 0 Å². The van der Waals surface area contributed by atoms with Crippen LogP contribution in [0, 0.1) is 12.7 Å². The second kappa shape index (κ2) is 6.61. The molecule has 0 unspecified atom stereocenters. The fourth-order valence-electron chi connectivity index (χ4n) is 2.80. The van der Waals surface area contributed by atoms with Crippen LogP contribution < -0.4 is 5.32 Å². The Morgan fingerprint density at radius 2 is 2.05 bits per heavy atom. The van der Waals surface area contributed by atoms with Gasteiger partial charge in [-0.05, 0) is 38.2 Å². The summed E-state index contributed by atoms with van der Waals surface area (Å²) in [6.45, 7) is 2.49. The molecule has 2 nitrogen and oxygen atoms in total. The lowest BCUT2D eigenvalue weighted by molar-refractivity contribution is 0.0943. The minimum Gasteiger partial charge on any atom is -0.351 e. The van der Waals surface area contributed by atoms with Gasteiger partial charge in [-0.3, -0.25) is 4.79 Å². The maximum absolute atomic E-state index is 13.7. The van der Waals surface area contributed by atoms with Crippen LogP contribution in [-0.4, -0.2) is 23.5 Å². The Morgan fingerprint density at radius 1 is 1.35 bits per heavy atom. The van der Waals surface area contributed by atoms with Gasteiger partial charge in [-0.25, -0.2) is 4.39 Å². The summed E-state index contributed by atoms with van der Waals surface area (Å²) in [6, 6.07) is 4.64. The lowest BCUT2D eigenvalue weighted by Gasteiger charge is -2.35. The van der Waals surface area contributed by atoms with E-state index in [0.717, 1.165) is 18.4 Å². The first-order valence-electron chi connectivity index (χ1n) is 7.16. The molecule has 1 fully saturated rings. The minimum absolute atomic E-state index is 0.133. The molecule has 0 radical (unpaired) electrons. The van der Waals surface area contributed by atoms with Crippen molar-refractivity contribution in [3.05, 3.63) is 35.1 Å². The van der Waals surface area contributed by atoms with Gasteiger partial charge in [-0.2, -0.15) is 11.8 Å². The third-order valence-corrected chi connectivity index (χ3v) is 5.55. The van der Waals surface area contributed by atoms with Crippen LogP contribution in [0.2, 0.25) is 0 Å². The van der Waals surface area contributed by atoms with E-state index in [1.54, 1.807) is 12.1 Å². The molecule has 110 valence electrons. The number of nitrogens with one attached hydrogen (secondary N) is 1. The summed E-state index contributed by atoms with van der Waals surface area (Å²) >= 11 is 1.83. The molecule has 1 saturated carbocycles. The van der Waals surface area contributed by atoms with Crippen molar-refractivity contribution in [1.82, 2.24) is 5.32 Å². The van der Waals surface area contributed by atoms with Crippen LogP contribution in [0.15, 0.2) is 18.2 Å². The Labute approximate surface area is 124 Å². The molecule has 0 bridgehead atoms. The number of halogens is 1. The number of rotatable bonds is 4. The Bertz CT molecular complexity index is 483. The van der Waals surface area contributed by atoms with Crippen molar-refractivity contribution in [3.8, 4) is 0 Å². The second-order valence-electron chi connectivity index (χ2n) is 5.61. The van der Waals surface area contributed by atoms with Crippen molar-refractivity contribution < 1.29 is 9.18 Å². The predicted octanol–water partition coefficient (Wildman–Crippen LogP) is 3.93. The highest BCUT2D eigenvalue weighted by molar-refractivity contribution is 8.00. The van der Waals surface area contributed by atoms with E-state index in [0.29, 0.717) is 6.54 Å². The first kappa shape index (κ1) is 15.4. The van der Waals surface area contributed by atoms with Gasteiger partial charge in [0.1, 0.15) is 5.82 Å². The molecule has 1 aliphatic carbocycles. The Kier molecular flexibility index (Phi) is 5.08. The summed E-state index contributed by atoms with van der Waals surface area (Å²) in [5, 5.41) is 2.93. The van der Waals surface area contributed by atoms with Crippen LogP contribution in [0.25, 0.3) is 0 Å². The van der Waals surface area contributed by atoms with E-state index < -0.39 is 5.82 Å². The van der Waals surface area contributed by atoms with E-state index in [4.69, 9.17) is 0 Å². The maximum Gasteiger partial charge on any atom is 0.254 e. The number of carbonyl (C=O) groups is 1. The molecular formula is C16H22FNOS. The molecular weight excluding hydrogens is 273 g/mol. The highest BCUT2D eigenvalue weighted by atomic mass is 32.2. The quantitative estimate of drug-likeness (QED) is 0.912. The summed E-state index contributed by atoms with van der Waals surface area (Å²) in [5.74, 6) is -0.750. The van der Waals surface area contributed by atoms with Gasteiger partial charge < -0.3 is 5.32 Å². The molecule has 2 rings (SSSR count). The second-order valence-corrected chi connectivity index (χ2v) is 6.89. The van der Waals surface area contributed by atoms with E-state index in [1.165, 1.54) is 25.3 Å². The van der Waals surface area contributed by atoms with Crippen molar-refractivity contribution in [1.29, 1.82) is 0 Å². The van der Waals surface area contributed by atoms with Crippen molar-refractivity contribution >= 4 is 17.7 Å². The van der Waals surface area contributed by atoms with Crippen LogP contribution in [0.4, 0.5) is 4.39 Å². The molecule has 4 heteroatoms. The topological polar surface area (TPSA) is 29.1 Å². The van der Waals surface area contributed by atoms with Crippen molar-refractivity contribution in [2.24, 2.45) is 0 Å². The molecule has 1 aliphatic rings. The Balaban J connectivity index is 2.02. The van der Waals surface area contributed by atoms with Crippen LogP contribution in [0.3, 0.4) is 0 Å². The molecule has 0 aromatic heterocycles. The number of amides is 1. The Hall–Kier alpha value is -1.03. The largest absolute Gasteiger partial charge is 0.351 e. The highest BCUT2D eigenvalue weighted by Gasteiger charge is 2.31. The summed E-state index contributed by atoms with van der Waals surface area (Å²) in [4.78, 5) is 12.2. The molecule has 0 aliphatic heterocycles. The number of hydrogen-bond donors (Lipinski definition) is 1. The third kappa shape index (κ3) is 3.54. The average Bonchev–Trinajstić information content (AvgIpc) is 2.48. The van der Waals surface area contributed by atoms with Gasteiger partial charge in [0.15, 0.2) is 0 Å². The summed E-state index contributed by atoms with van der Waals surface area (Å²) < 4.78 is 13.8. The van der Waals surface area contributed by atoms with Gasteiger partial charge in [-0.1, -0.05) is 30.9 Å². The average molecular weight is 295 g/mol. The van der Waals surface area contributed by atoms with E-state index >= 15 is 0 Å². The molecule has 20 heavy (non-hydrogen) atoms. The van der Waals surface area contributed by atoms with Gasteiger partial charge >= 0.3 is 0 Å².